The Balaban J connectivity index is 1.16. The number of benzene rings is 9. The lowest BCUT2D eigenvalue weighted by molar-refractivity contribution is 1.18. The van der Waals surface area contributed by atoms with Crippen LogP contribution in [-0.4, -0.2) is 9.13 Å². The SMILES string of the molecule is [2H]c1cc(-c2c([2H])c([2H])cc3sc4cc(-n5c6c([2H])c([2H])c([2H])c([2H])c6c6c([2H])c(-c7c([2H])c([2H])c8c(c7[2H])c7c([2H])c([2H])c([2H])c([2H])c7n8-c7ccc(-c8ccccc8)cc7)c([2H])c([2H])c65)cc([2H])c4c23)c([2H])c([2H])c1[2H]. The second kappa shape index (κ2) is 12.7. The predicted molar refractivity (Wildman–Crippen MR) is 244 cm³/mol. The molecule has 3 aromatic heterocycles. The summed E-state index contributed by atoms with van der Waals surface area (Å²) in [5, 5.41) is -0.511. The molecule has 0 saturated heterocycles. The van der Waals surface area contributed by atoms with Crippen molar-refractivity contribution in [3.63, 3.8) is 0 Å². The average molecular weight is 764 g/mol. The Labute approximate surface area is 363 Å². The lowest BCUT2D eigenvalue weighted by atomic mass is 9.99. The van der Waals surface area contributed by atoms with Crippen LogP contribution in [0.2, 0.25) is 0 Å². The van der Waals surface area contributed by atoms with Crippen molar-refractivity contribution in [3.8, 4) is 44.8 Å². The number of aromatic nitrogens is 2. The molecule has 3 heteroatoms. The van der Waals surface area contributed by atoms with Crippen LogP contribution in [0.3, 0.4) is 0 Å². The molecule has 0 aliphatic carbocycles. The van der Waals surface area contributed by atoms with E-state index in [4.69, 9.17) is 15.1 Å². The summed E-state index contributed by atoms with van der Waals surface area (Å²) in [6.07, 6.45) is 0. The Morgan fingerprint density at radius 2 is 1.00 bits per heavy atom. The molecule has 0 atom stereocenters. The van der Waals surface area contributed by atoms with Crippen molar-refractivity contribution in [2.24, 2.45) is 0 Å². The zero-order valence-corrected chi connectivity index (χ0v) is 30.1. The molecule has 57 heavy (non-hydrogen) atoms. The molecule has 266 valence electrons. The molecule has 9 aromatic carbocycles. The molecule has 0 bridgehead atoms. The lowest BCUT2D eigenvalue weighted by Gasteiger charge is -2.10. The first-order valence-electron chi connectivity index (χ1n) is 28.3. The van der Waals surface area contributed by atoms with Crippen LogP contribution in [0.15, 0.2) is 206 Å². The molecule has 3 heterocycles. The Bertz CT molecular complexity index is 4740. The number of para-hydroxylation sites is 2. The smallest absolute Gasteiger partial charge is 0.0645 e. The first kappa shape index (κ1) is 17.7. The topological polar surface area (TPSA) is 9.86 Å². The summed E-state index contributed by atoms with van der Waals surface area (Å²) in [5.74, 6) is 0. The quantitative estimate of drug-likeness (QED) is 0.165. The second-order valence-electron chi connectivity index (χ2n) is 13.3. The highest BCUT2D eigenvalue weighted by atomic mass is 32.1. The fourth-order valence-electron chi connectivity index (χ4n) is 7.59. The van der Waals surface area contributed by atoms with Gasteiger partial charge in [0.15, 0.2) is 0 Å². The van der Waals surface area contributed by atoms with E-state index in [-0.39, 0.29) is 89.3 Å². The van der Waals surface area contributed by atoms with Crippen molar-refractivity contribution < 1.29 is 28.8 Å². The number of hydrogen-bond donors (Lipinski definition) is 0. The van der Waals surface area contributed by atoms with Gasteiger partial charge in [0.2, 0.25) is 0 Å². The van der Waals surface area contributed by atoms with Crippen molar-refractivity contribution in [1.82, 2.24) is 9.13 Å². The van der Waals surface area contributed by atoms with Gasteiger partial charge in [-0.25, -0.2) is 0 Å². The number of thiophene rings is 1. The van der Waals surface area contributed by atoms with Crippen molar-refractivity contribution in [3.05, 3.63) is 206 Å². The summed E-state index contributed by atoms with van der Waals surface area (Å²) in [5.41, 5.74) is 0.121. The fourth-order valence-corrected chi connectivity index (χ4v) is 8.70. The monoisotopic (exact) mass is 763 g/mol. The molecule has 0 aliphatic rings. The Hall–Kier alpha value is -7.20. The van der Waals surface area contributed by atoms with E-state index in [1.165, 1.54) is 33.4 Å². The van der Waals surface area contributed by atoms with E-state index < -0.39 is 120 Å². The summed E-state index contributed by atoms with van der Waals surface area (Å²) in [6, 6.07) is 10.0. The molecular weight excluding hydrogens is 709 g/mol. The van der Waals surface area contributed by atoms with Crippen molar-refractivity contribution in [2.75, 3.05) is 0 Å². The van der Waals surface area contributed by atoms with Crippen molar-refractivity contribution >= 4 is 75.1 Å². The van der Waals surface area contributed by atoms with Crippen LogP contribution >= 0.6 is 11.3 Å². The molecule has 0 radical (unpaired) electrons. The van der Waals surface area contributed by atoms with Gasteiger partial charge in [-0.15, -0.1) is 11.3 Å². The highest BCUT2D eigenvalue weighted by Crippen LogP contribution is 2.43. The molecule has 0 amide bonds. The van der Waals surface area contributed by atoms with E-state index >= 15 is 0 Å². The van der Waals surface area contributed by atoms with Gasteiger partial charge < -0.3 is 9.13 Å². The van der Waals surface area contributed by atoms with E-state index in [0.29, 0.717) is 15.1 Å². The van der Waals surface area contributed by atoms with Crippen LogP contribution < -0.4 is 0 Å². The molecule has 0 aliphatic heterocycles. The summed E-state index contributed by atoms with van der Waals surface area (Å²) in [7, 11) is 0. The van der Waals surface area contributed by atoms with Gasteiger partial charge in [0.25, 0.3) is 0 Å². The molecular formula is C54H34N2S. The van der Waals surface area contributed by atoms with Crippen molar-refractivity contribution in [2.45, 2.75) is 0 Å². The maximum atomic E-state index is 9.97. The normalized spacial score (nSPS) is 17.0. The molecule has 0 fully saturated rings. The highest BCUT2D eigenvalue weighted by molar-refractivity contribution is 7.26. The third kappa shape index (κ3) is 5.03. The maximum Gasteiger partial charge on any atom is 0.0645 e. The maximum absolute atomic E-state index is 9.97. The van der Waals surface area contributed by atoms with E-state index in [1.54, 1.807) is 24.3 Å². The van der Waals surface area contributed by atoms with E-state index in [0.717, 1.165) is 22.5 Å². The van der Waals surface area contributed by atoms with Crippen LogP contribution in [0.1, 0.15) is 28.8 Å². The van der Waals surface area contributed by atoms with Gasteiger partial charge in [-0.3, -0.25) is 0 Å². The van der Waals surface area contributed by atoms with Gasteiger partial charge in [-0.2, -0.15) is 0 Å². The Morgan fingerprint density at radius 3 is 1.72 bits per heavy atom. The van der Waals surface area contributed by atoms with Gasteiger partial charge in [0.05, 0.1) is 50.9 Å². The predicted octanol–water partition coefficient (Wildman–Crippen LogP) is 15.2. The zero-order chi connectivity index (χ0) is 55.7. The Morgan fingerprint density at radius 1 is 0.368 bits per heavy atom. The van der Waals surface area contributed by atoms with Crippen LogP contribution in [0.4, 0.5) is 0 Å². The molecule has 0 unspecified atom stereocenters. The molecule has 0 spiro atoms. The van der Waals surface area contributed by atoms with Gasteiger partial charge in [0.1, 0.15) is 0 Å². The van der Waals surface area contributed by atoms with E-state index in [1.807, 2.05) is 30.3 Å². The molecule has 2 nitrogen and oxygen atoms in total. The van der Waals surface area contributed by atoms with Gasteiger partial charge in [0, 0.05) is 53.1 Å². The molecule has 12 aromatic rings. The van der Waals surface area contributed by atoms with Gasteiger partial charge in [-0.1, -0.05) is 139 Å². The third-order valence-electron chi connectivity index (χ3n) is 10.1. The highest BCUT2D eigenvalue weighted by Gasteiger charge is 2.18. The van der Waals surface area contributed by atoms with Crippen LogP contribution in [0.5, 0.6) is 0 Å². The number of nitrogens with zero attached hydrogens (tertiary/aromatic N) is 2. The van der Waals surface area contributed by atoms with Crippen LogP contribution in [0, 0.1) is 0 Å². The first-order chi connectivity index (χ1) is 37.0. The summed E-state index contributed by atoms with van der Waals surface area (Å²) in [4.78, 5) is 0. The number of rotatable bonds is 5. The summed E-state index contributed by atoms with van der Waals surface area (Å²) >= 11 is 1.07. The molecule has 0 saturated carbocycles. The zero-order valence-electron chi connectivity index (χ0n) is 50.3. The second-order valence-corrected chi connectivity index (χ2v) is 14.4. The van der Waals surface area contributed by atoms with Gasteiger partial charge >= 0.3 is 0 Å². The lowest BCUT2D eigenvalue weighted by Crippen LogP contribution is -1.94. The number of fused-ring (bicyclic) bond motifs is 9. The average Bonchev–Trinajstić information content (AvgIpc) is 4.28. The van der Waals surface area contributed by atoms with E-state index in [9.17, 15) is 13.7 Å². The molecule has 12 rings (SSSR count). The minimum absolute atomic E-state index is 0.0133. The standard InChI is InChI=1S/C54H34N2S/c1-3-12-35(13-4-1)36-22-26-40(27-23-36)55-48-19-9-7-16-43(48)46-32-38(24-30-50(46)55)39-25-31-51-47(33-39)44-17-8-10-20-49(44)56(51)41-28-29-45-53(34-41)57-52-21-11-18-42(54(45)52)37-14-5-2-6-15-37/h1-34H/i2D,5D,6D,7D,8D,9D,10D,11D,14D,16D,17D,18D,19D,20D,24D,25D,29D,30D,31D,32D,33D. The third-order valence-corrected chi connectivity index (χ3v) is 11.2. The Kier molecular flexibility index (Phi) is 3.94. The van der Waals surface area contributed by atoms with E-state index in [2.05, 4.69) is 0 Å². The summed E-state index contributed by atoms with van der Waals surface area (Å²) < 4.78 is 194. The van der Waals surface area contributed by atoms with Gasteiger partial charge in [-0.05, 0) is 100.0 Å². The molecule has 0 N–H and O–H groups in total. The van der Waals surface area contributed by atoms with Crippen LogP contribution in [-0.2, 0) is 0 Å². The first-order valence-corrected chi connectivity index (χ1v) is 18.6. The van der Waals surface area contributed by atoms with Crippen LogP contribution in [0.25, 0.3) is 109 Å². The largest absolute Gasteiger partial charge is 0.309 e. The minimum Gasteiger partial charge on any atom is -0.309 e. The van der Waals surface area contributed by atoms with Crippen molar-refractivity contribution in [1.29, 1.82) is 0 Å². The number of hydrogen-bond acceptors (Lipinski definition) is 1. The summed E-state index contributed by atoms with van der Waals surface area (Å²) in [6.45, 7) is 0. The fraction of sp³-hybridized carbons (Fsp3) is 0. The minimum atomic E-state index is -0.758.